The van der Waals surface area contributed by atoms with E-state index in [0.717, 1.165) is 22.7 Å². The average Bonchev–Trinajstić information content (AvgIpc) is 3.08. The lowest BCUT2D eigenvalue weighted by molar-refractivity contribution is -0.123. The Morgan fingerprint density at radius 1 is 1.09 bits per heavy atom. The summed E-state index contributed by atoms with van der Waals surface area (Å²) in [4.78, 5) is 26.7. The Hall–Kier alpha value is -2.63. The van der Waals surface area contributed by atoms with Gasteiger partial charge in [-0.3, -0.25) is 14.5 Å². The van der Waals surface area contributed by atoms with Gasteiger partial charge in [0.25, 0.3) is 11.1 Å². The fraction of sp³-hybridized carbons (Fsp3) is 0.120. The molecule has 10 heteroatoms. The van der Waals surface area contributed by atoms with Gasteiger partial charge in [0.15, 0.2) is 11.5 Å². The topological polar surface area (TPSA) is 55.8 Å². The molecule has 0 bridgehead atoms. The van der Waals surface area contributed by atoms with Crippen molar-refractivity contribution in [1.29, 1.82) is 0 Å². The summed E-state index contributed by atoms with van der Waals surface area (Å²) in [6.45, 7) is -0.0476. The summed E-state index contributed by atoms with van der Waals surface area (Å²) in [5.41, 5.74) is 1.49. The Bertz CT molecular complexity index is 1350. The van der Waals surface area contributed by atoms with Crippen LogP contribution in [0.3, 0.4) is 0 Å². The molecule has 0 saturated carbocycles. The van der Waals surface area contributed by atoms with Crippen molar-refractivity contribution in [2.24, 2.45) is 0 Å². The van der Waals surface area contributed by atoms with E-state index in [1.165, 1.54) is 25.3 Å². The molecule has 3 aromatic rings. The minimum absolute atomic E-state index is 0.0171. The number of benzene rings is 3. The van der Waals surface area contributed by atoms with Crippen LogP contribution in [0, 0.1) is 15.2 Å². The van der Waals surface area contributed by atoms with Gasteiger partial charge in [0.2, 0.25) is 0 Å². The summed E-state index contributed by atoms with van der Waals surface area (Å²) in [5, 5.41) is -0.313. The summed E-state index contributed by atoms with van der Waals surface area (Å²) in [6.07, 6.45) is 1.59. The second-order valence-corrected chi connectivity index (χ2v) is 9.98. The quantitative estimate of drug-likeness (QED) is 0.208. The predicted molar refractivity (Wildman–Crippen MR) is 139 cm³/mol. The van der Waals surface area contributed by atoms with Crippen LogP contribution in [0.1, 0.15) is 16.7 Å². The third-order valence-electron chi connectivity index (χ3n) is 5.10. The fourth-order valence-electron chi connectivity index (χ4n) is 3.34. The van der Waals surface area contributed by atoms with E-state index in [1.54, 1.807) is 36.4 Å². The highest BCUT2D eigenvalue weighted by Crippen LogP contribution is 2.38. The highest BCUT2D eigenvalue weighted by molar-refractivity contribution is 14.1. The molecule has 35 heavy (non-hydrogen) atoms. The van der Waals surface area contributed by atoms with Crippen LogP contribution in [0.2, 0.25) is 5.02 Å². The molecular formula is C25H17ClF2INO4S. The van der Waals surface area contributed by atoms with Crippen LogP contribution >= 0.6 is 46.0 Å². The van der Waals surface area contributed by atoms with Crippen molar-refractivity contribution in [3.8, 4) is 11.5 Å². The number of ether oxygens (including phenoxy) is 2. The van der Waals surface area contributed by atoms with Crippen molar-refractivity contribution in [2.45, 2.75) is 13.2 Å². The summed E-state index contributed by atoms with van der Waals surface area (Å²) in [7, 11) is 1.48. The average molecular weight is 628 g/mol. The summed E-state index contributed by atoms with van der Waals surface area (Å²) < 4.78 is 39.2. The largest absolute Gasteiger partial charge is 0.493 e. The first-order chi connectivity index (χ1) is 16.8. The van der Waals surface area contributed by atoms with E-state index in [-0.39, 0.29) is 28.9 Å². The lowest BCUT2D eigenvalue weighted by Gasteiger charge is -2.14. The van der Waals surface area contributed by atoms with E-state index in [0.29, 0.717) is 31.8 Å². The van der Waals surface area contributed by atoms with Crippen molar-refractivity contribution in [3.05, 3.63) is 96.4 Å². The van der Waals surface area contributed by atoms with Gasteiger partial charge in [-0.25, -0.2) is 8.78 Å². The number of amides is 2. The van der Waals surface area contributed by atoms with Crippen LogP contribution in [-0.4, -0.2) is 23.2 Å². The number of halogens is 4. The lowest BCUT2D eigenvalue weighted by atomic mass is 10.1. The van der Waals surface area contributed by atoms with Crippen LogP contribution in [0.15, 0.2) is 59.5 Å². The Morgan fingerprint density at radius 3 is 2.57 bits per heavy atom. The number of hydrogen-bond donors (Lipinski definition) is 0. The zero-order chi connectivity index (χ0) is 25.1. The fourth-order valence-corrected chi connectivity index (χ4v) is 5.18. The SMILES string of the molecule is COc1cc(/C=C2\SC(=O)N(Cc3ccc(F)cc3Cl)C2=O)cc(I)c1OCc1ccccc1F. The number of nitrogens with zero attached hydrogens (tertiary/aromatic N) is 1. The number of carbonyl (C=O) groups excluding carboxylic acids is 2. The molecule has 0 spiro atoms. The summed E-state index contributed by atoms with van der Waals surface area (Å²) in [5.74, 6) is -0.507. The molecule has 180 valence electrons. The summed E-state index contributed by atoms with van der Waals surface area (Å²) >= 11 is 8.92. The molecule has 1 saturated heterocycles. The molecule has 4 rings (SSSR count). The molecule has 0 atom stereocenters. The minimum atomic E-state index is -0.502. The molecule has 2 amide bonds. The Labute approximate surface area is 223 Å². The highest BCUT2D eigenvalue weighted by atomic mass is 127. The van der Waals surface area contributed by atoms with Crippen LogP contribution in [0.5, 0.6) is 11.5 Å². The smallest absolute Gasteiger partial charge is 0.293 e. The molecule has 0 unspecified atom stereocenters. The normalized spacial score (nSPS) is 14.7. The Kier molecular flexibility index (Phi) is 7.98. The predicted octanol–water partition coefficient (Wildman–Crippen LogP) is 7.05. The maximum absolute atomic E-state index is 13.9. The van der Waals surface area contributed by atoms with Crippen molar-refractivity contribution in [2.75, 3.05) is 7.11 Å². The molecule has 1 aliphatic rings. The number of thioether (sulfide) groups is 1. The van der Waals surface area contributed by atoms with Crippen molar-refractivity contribution >= 4 is 63.2 Å². The third-order valence-corrected chi connectivity index (χ3v) is 7.16. The highest BCUT2D eigenvalue weighted by Gasteiger charge is 2.35. The standard InChI is InChI=1S/C25H17ClF2INO4S/c1-33-21-9-14(8-20(29)23(21)34-13-16-4-2-3-5-19(16)28)10-22-24(31)30(25(32)35-22)12-15-6-7-17(27)11-18(15)26/h2-11H,12-13H2,1H3/b22-10-. The second kappa shape index (κ2) is 11.0. The number of methoxy groups -OCH3 is 1. The number of rotatable bonds is 7. The van der Waals surface area contributed by atoms with Crippen LogP contribution in [0.4, 0.5) is 13.6 Å². The van der Waals surface area contributed by atoms with E-state index >= 15 is 0 Å². The molecule has 0 aliphatic carbocycles. The van der Waals surface area contributed by atoms with Gasteiger partial charge in [-0.15, -0.1) is 0 Å². The molecule has 1 heterocycles. The zero-order valence-corrected chi connectivity index (χ0v) is 21.9. The van der Waals surface area contributed by atoms with Gasteiger partial charge in [0.1, 0.15) is 18.2 Å². The number of imide groups is 1. The Morgan fingerprint density at radius 2 is 1.86 bits per heavy atom. The van der Waals surface area contributed by atoms with Gasteiger partial charge >= 0.3 is 0 Å². The van der Waals surface area contributed by atoms with Gasteiger partial charge in [0, 0.05) is 10.6 Å². The van der Waals surface area contributed by atoms with Crippen molar-refractivity contribution < 1.29 is 27.8 Å². The third kappa shape index (κ3) is 5.79. The van der Waals surface area contributed by atoms with Gasteiger partial charge in [-0.2, -0.15) is 0 Å². The molecule has 3 aromatic carbocycles. The first-order valence-corrected chi connectivity index (χ1v) is 12.5. The van der Waals surface area contributed by atoms with Gasteiger partial charge in [-0.05, 0) is 81.9 Å². The number of hydrogen-bond acceptors (Lipinski definition) is 5. The van der Waals surface area contributed by atoms with E-state index in [1.807, 2.05) is 0 Å². The van der Waals surface area contributed by atoms with Crippen molar-refractivity contribution in [1.82, 2.24) is 4.90 Å². The van der Waals surface area contributed by atoms with Crippen molar-refractivity contribution in [3.63, 3.8) is 0 Å². The maximum Gasteiger partial charge on any atom is 0.293 e. The van der Waals surface area contributed by atoms with Gasteiger partial charge in [-0.1, -0.05) is 35.9 Å². The van der Waals surface area contributed by atoms with E-state index < -0.39 is 17.0 Å². The molecule has 1 aliphatic heterocycles. The molecule has 0 radical (unpaired) electrons. The first kappa shape index (κ1) is 25.5. The van der Waals surface area contributed by atoms with E-state index in [4.69, 9.17) is 21.1 Å². The van der Waals surface area contributed by atoms with Crippen LogP contribution in [0.25, 0.3) is 6.08 Å². The minimum Gasteiger partial charge on any atom is -0.493 e. The molecule has 0 N–H and O–H groups in total. The van der Waals surface area contributed by atoms with E-state index in [9.17, 15) is 18.4 Å². The lowest BCUT2D eigenvalue weighted by Crippen LogP contribution is -2.27. The maximum atomic E-state index is 13.9. The molecular weight excluding hydrogens is 611 g/mol. The van der Waals surface area contributed by atoms with E-state index in [2.05, 4.69) is 22.6 Å². The number of carbonyl (C=O) groups is 2. The van der Waals surface area contributed by atoms with Gasteiger partial charge in [0.05, 0.1) is 22.1 Å². The molecule has 5 nitrogen and oxygen atoms in total. The van der Waals surface area contributed by atoms with Gasteiger partial charge < -0.3 is 9.47 Å². The first-order valence-electron chi connectivity index (χ1n) is 10.2. The second-order valence-electron chi connectivity index (χ2n) is 7.42. The van der Waals surface area contributed by atoms with Crippen LogP contribution < -0.4 is 9.47 Å². The summed E-state index contributed by atoms with van der Waals surface area (Å²) in [6, 6.07) is 13.6. The zero-order valence-electron chi connectivity index (χ0n) is 18.2. The Balaban J connectivity index is 1.54. The van der Waals surface area contributed by atoms with Crippen LogP contribution in [-0.2, 0) is 17.9 Å². The molecule has 0 aromatic heterocycles. The molecule has 1 fully saturated rings. The monoisotopic (exact) mass is 627 g/mol.